The van der Waals surface area contributed by atoms with E-state index in [0.717, 1.165) is 3.57 Å². The second-order valence-corrected chi connectivity index (χ2v) is 5.97. The maximum Gasteiger partial charge on any atom is 0.270 e. The van der Waals surface area contributed by atoms with E-state index in [1.165, 1.54) is 24.4 Å². The fourth-order valence-corrected chi connectivity index (χ4v) is 2.47. The monoisotopic (exact) mass is 452 g/mol. The predicted octanol–water partition coefficient (Wildman–Crippen LogP) is 2.08. The maximum atomic E-state index is 12.0. The third kappa shape index (κ3) is 5.64. The number of benzene rings is 2. The van der Waals surface area contributed by atoms with Gasteiger partial charge in [0.1, 0.15) is 0 Å². The molecule has 0 radical (unpaired) electrons. The Bertz CT molecular complexity index is 838. The summed E-state index contributed by atoms with van der Waals surface area (Å²) in [5.41, 5.74) is 3.13. The number of hydrogen-bond acceptors (Lipinski definition) is 5. The highest BCUT2D eigenvalue weighted by Gasteiger charge is 2.10. The molecule has 0 heterocycles. The Hall–Kier alpha value is -2.82. The van der Waals surface area contributed by atoms with Gasteiger partial charge in [-0.2, -0.15) is 5.10 Å². The molecule has 0 saturated heterocycles. The van der Waals surface area contributed by atoms with Gasteiger partial charge in [0.2, 0.25) is 0 Å². The van der Waals surface area contributed by atoms with Crippen LogP contribution in [0, 0.1) is 13.7 Å². The number of non-ortho nitro benzene ring substituents is 1. The molecule has 0 aliphatic heterocycles. The molecule has 0 unspecified atom stereocenters. The molecule has 2 N–H and O–H groups in total. The SMILES string of the molecule is O=C(CNC(=O)c1ccccc1I)NN=Cc1cccc([N+](=O)[O-])c1. The zero-order valence-corrected chi connectivity index (χ0v) is 15.0. The van der Waals surface area contributed by atoms with Gasteiger partial charge in [-0.1, -0.05) is 24.3 Å². The van der Waals surface area contributed by atoms with Crippen LogP contribution in [0.3, 0.4) is 0 Å². The van der Waals surface area contributed by atoms with Crippen molar-refractivity contribution in [2.45, 2.75) is 0 Å². The van der Waals surface area contributed by atoms with Gasteiger partial charge in [0.25, 0.3) is 17.5 Å². The van der Waals surface area contributed by atoms with Gasteiger partial charge in [-0.3, -0.25) is 19.7 Å². The topological polar surface area (TPSA) is 114 Å². The Labute approximate surface area is 156 Å². The fraction of sp³-hybridized carbons (Fsp3) is 0.0625. The second kappa shape index (κ2) is 8.87. The van der Waals surface area contributed by atoms with Crippen molar-refractivity contribution in [1.82, 2.24) is 10.7 Å². The zero-order chi connectivity index (χ0) is 18.2. The summed E-state index contributed by atoms with van der Waals surface area (Å²) in [5.74, 6) is -0.871. The van der Waals surface area contributed by atoms with Gasteiger partial charge in [-0.25, -0.2) is 5.43 Å². The minimum absolute atomic E-state index is 0.0694. The van der Waals surface area contributed by atoms with Crippen molar-refractivity contribution < 1.29 is 14.5 Å². The van der Waals surface area contributed by atoms with E-state index in [1.54, 1.807) is 24.3 Å². The van der Waals surface area contributed by atoms with Crippen LogP contribution in [0.1, 0.15) is 15.9 Å². The summed E-state index contributed by atoms with van der Waals surface area (Å²) in [7, 11) is 0. The molecule has 0 atom stereocenters. The number of rotatable bonds is 6. The lowest BCUT2D eigenvalue weighted by Crippen LogP contribution is -2.35. The normalized spacial score (nSPS) is 10.4. The second-order valence-electron chi connectivity index (χ2n) is 4.81. The van der Waals surface area contributed by atoms with Crippen LogP contribution in [0.2, 0.25) is 0 Å². The van der Waals surface area contributed by atoms with Crippen LogP contribution >= 0.6 is 22.6 Å². The molecule has 128 valence electrons. The molecule has 2 aromatic carbocycles. The first kappa shape index (κ1) is 18.5. The first-order valence-corrected chi connectivity index (χ1v) is 8.14. The Morgan fingerprint density at radius 1 is 1.20 bits per heavy atom. The average molecular weight is 452 g/mol. The van der Waals surface area contributed by atoms with Crippen LogP contribution in [-0.4, -0.2) is 29.5 Å². The number of halogens is 1. The maximum absolute atomic E-state index is 12.0. The van der Waals surface area contributed by atoms with Crippen LogP contribution in [-0.2, 0) is 4.79 Å². The number of amides is 2. The van der Waals surface area contributed by atoms with E-state index in [2.05, 4.69) is 15.8 Å². The molecular weight excluding hydrogens is 439 g/mol. The molecule has 2 amide bonds. The average Bonchev–Trinajstić information content (AvgIpc) is 2.60. The number of hydrogen-bond donors (Lipinski definition) is 2. The number of carbonyl (C=O) groups is 2. The minimum atomic E-state index is -0.517. The van der Waals surface area contributed by atoms with Crippen LogP contribution in [0.5, 0.6) is 0 Å². The standard InChI is InChI=1S/C16H13IN4O4/c17-14-7-2-1-6-13(14)16(23)18-10-15(22)20-19-9-11-4-3-5-12(8-11)21(24)25/h1-9H,10H2,(H,18,23)(H,20,22). The lowest BCUT2D eigenvalue weighted by atomic mass is 10.2. The first-order valence-electron chi connectivity index (χ1n) is 7.06. The van der Waals surface area contributed by atoms with E-state index in [4.69, 9.17) is 0 Å². The predicted molar refractivity (Wildman–Crippen MR) is 100 cm³/mol. The summed E-state index contributed by atoms with van der Waals surface area (Å²) in [6.07, 6.45) is 1.28. The largest absolute Gasteiger partial charge is 0.343 e. The lowest BCUT2D eigenvalue weighted by Gasteiger charge is -2.05. The van der Waals surface area contributed by atoms with Gasteiger partial charge in [-0.15, -0.1) is 0 Å². The van der Waals surface area contributed by atoms with Gasteiger partial charge < -0.3 is 5.32 Å². The molecule has 0 spiro atoms. The summed E-state index contributed by atoms with van der Waals surface area (Å²) in [4.78, 5) is 33.8. The molecule has 25 heavy (non-hydrogen) atoms. The van der Waals surface area contributed by atoms with Crippen molar-refractivity contribution in [2.75, 3.05) is 6.54 Å². The summed E-state index contributed by atoms with van der Waals surface area (Å²) in [6, 6.07) is 12.8. The number of hydrazone groups is 1. The van der Waals surface area contributed by atoms with Gasteiger partial charge in [0.15, 0.2) is 0 Å². The van der Waals surface area contributed by atoms with E-state index >= 15 is 0 Å². The highest BCUT2D eigenvalue weighted by atomic mass is 127. The Morgan fingerprint density at radius 3 is 2.68 bits per heavy atom. The highest BCUT2D eigenvalue weighted by Crippen LogP contribution is 2.11. The summed E-state index contributed by atoms with van der Waals surface area (Å²) in [5, 5.41) is 16.9. The number of nitrogens with zero attached hydrogens (tertiary/aromatic N) is 2. The summed E-state index contributed by atoms with van der Waals surface area (Å²) in [6.45, 7) is -0.240. The van der Waals surface area contributed by atoms with Crippen molar-refractivity contribution >= 4 is 46.3 Å². The van der Waals surface area contributed by atoms with E-state index in [9.17, 15) is 19.7 Å². The third-order valence-electron chi connectivity index (χ3n) is 3.01. The lowest BCUT2D eigenvalue weighted by molar-refractivity contribution is -0.384. The van der Waals surface area contributed by atoms with Gasteiger partial charge in [0, 0.05) is 21.3 Å². The zero-order valence-electron chi connectivity index (χ0n) is 12.8. The van der Waals surface area contributed by atoms with Crippen molar-refractivity contribution in [2.24, 2.45) is 5.10 Å². The van der Waals surface area contributed by atoms with Gasteiger partial charge in [-0.05, 0) is 34.7 Å². The van der Waals surface area contributed by atoms with Crippen LogP contribution in [0.25, 0.3) is 0 Å². The number of nitrogens with one attached hydrogen (secondary N) is 2. The minimum Gasteiger partial charge on any atom is -0.343 e. The molecule has 2 aromatic rings. The smallest absolute Gasteiger partial charge is 0.270 e. The molecule has 0 bridgehead atoms. The Morgan fingerprint density at radius 2 is 1.96 bits per heavy atom. The molecule has 0 aliphatic carbocycles. The van der Waals surface area contributed by atoms with Crippen molar-refractivity contribution in [3.05, 3.63) is 73.3 Å². The van der Waals surface area contributed by atoms with Crippen molar-refractivity contribution in [3.63, 3.8) is 0 Å². The number of carbonyl (C=O) groups excluding carboxylic acids is 2. The van der Waals surface area contributed by atoms with E-state index in [1.807, 2.05) is 28.7 Å². The van der Waals surface area contributed by atoms with Crippen molar-refractivity contribution in [1.29, 1.82) is 0 Å². The van der Waals surface area contributed by atoms with Gasteiger partial charge in [0.05, 0.1) is 23.2 Å². The molecule has 0 aromatic heterocycles. The van der Waals surface area contributed by atoms with Crippen molar-refractivity contribution in [3.8, 4) is 0 Å². The molecular formula is C16H13IN4O4. The Kier molecular flexibility index (Phi) is 6.57. The summed E-state index contributed by atoms with van der Waals surface area (Å²) < 4.78 is 0.779. The molecule has 8 nitrogen and oxygen atoms in total. The van der Waals surface area contributed by atoms with Crippen LogP contribution in [0.15, 0.2) is 53.6 Å². The number of nitro groups is 1. The summed E-state index contributed by atoms with van der Waals surface area (Å²) >= 11 is 2.04. The van der Waals surface area contributed by atoms with Crippen LogP contribution in [0.4, 0.5) is 5.69 Å². The molecule has 0 fully saturated rings. The first-order chi connectivity index (χ1) is 12.0. The molecule has 0 saturated carbocycles. The molecule has 2 rings (SSSR count). The highest BCUT2D eigenvalue weighted by molar-refractivity contribution is 14.1. The van der Waals surface area contributed by atoms with Crippen LogP contribution < -0.4 is 10.7 Å². The quantitative estimate of drug-likeness (QED) is 0.302. The molecule has 0 aliphatic rings. The van der Waals surface area contributed by atoms with E-state index in [0.29, 0.717) is 11.1 Å². The van der Waals surface area contributed by atoms with E-state index in [-0.39, 0.29) is 18.1 Å². The van der Waals surface area contributed by atoms with E-state index < -0.39 is 10.8 Å². The Balaban J connectivity index is 1.84. The fourth-order valence-electron chi connectivity index (χ4n) is 1.84. The molecule has 9 heteroatoms. The third-order valence-corrected chi connectivity index (χ3v) is 3.95. The van der Waals surface area contributed by atoms with Gasteiger partial charge >= 0.3 is 0 Å². The number of nitro benzene ring substituents is 1.